The molecule has 1 rings (SSSR count). The molecule has 0 fully saturated rings. The molecule has 1 heterocycles. The number of carbonyl (C=O) groups is 4. The first-order valence-corrected chi connectivity index (χ1v) is 7.92. The Hall–Kier alpha value is -2.84. The molecule has 0 saturated heterocycles. The fraction of sp³-hybridized carbons (Fsp3) is 0.500. The molecular formula is C16H22N2O7. The Morgan fingerprint density at radius 3 is 2.16 bits per heavy atom. The smallest absolute Gasteiger partial charge is 0.338 e. The van der Waals surface area contributed by atoms with Crippen molar-refractivity contribution in [2.45, 2.75) is 33.2 Å². The van der Waals surface area contributed by atoms with Crippen molar-refractivity contribution in [3.63, 3.8) is 0 Å². The molecular weight excluding hydrogens is 332 g/mol. The Kier molecular flexibility index (Phi) is 8.17. The maximum atomic E-state index is 12.1. The van der Waals surface area contributed by atoms with Crippen molar-refractivity contribution in [2.75, 3.05) is 19.8 Å². The third-order valence-corrected chi connectivity index (χ3v) is 3.15. The van der Waals surface area contributed by atoms with Crippen LogP contribution in [0.4, 0.5) is 4.79 Å². The van der Waals surface area contributed by atoms with E-state index in [0.29, 0.717) is 6.42 Å². The number of amides is 2. The molecule has 0 bridgehead atoms. The maximum absolute atomic E-state index is 12.1. The quantitative estimate of drug-likeness (QED) is 0.371. The number of nitrogens with one attached hydrogen (secondary N) is 2. The van der Waals surface area contributed by atoms with E-state index in [2.05, 4.69) is 15.4 Å². The van der Waals surface area contributed by atoms with Crippen LogP contribution in [0.1, 0.15) is 27.2 Å². The molecule has 138 valence electrons. The highest BCUT2D eigenvalue weighted by Gasteiger charge is 2.31. The van der Waals surface area contributed by atoms with Gasteiger partial charge in [-0.15, -0.1) is 0 Å². The highest BCUT2D eigenvalue weighted by Crippen LogP contribution is 2.17. The standard InChI is InChI=1S/C16H22N2O7/c1-4-10-14(15(21)24-6-3)11(18-16(22)17-10)9-25-13(20)8-7-12(19)23-5-2/h7-8,10H,4-6,9H2,1-3H3,(H2,17,18,22)/b8-7+/t10-/m1/s1. The van der Waals surface area contributed by atoms with Gasteiger partial charge in [-0.05, 0) is 20.3 Å². The molecule has 1 aliphatic heterocycles. The average Bonchev–Trinajstić information content (AvgIpc) is 2.57. The summed E-state index contributed by atoms with van der Waals surface area (Å²) in [4.78, 5) is 46.6. The van der Waals surface area contributed by atoms with Gasteiger partial charge in [-0.2, -0.15) is 0 Å². The normalized spacial score (nSPS) is 16.9. The zero-order valence-corrected chi connectivity index (χ0v) is 14.4. The Labute approximate surface area is 145 Å². The summed E-state index contributed by atoms with van der Waals surface area (Å²) >= 11 is 0. The van der Waals surface area contributed by atoms with E-state index in [4.69, 9.17) is 9.47 Å². The van der Waals surface area contributed by atoms with Crippen LogP contribution in [-0.4, -0.2) is 49.8 Å². The third kappa shape index (κ3) is 6.28. The largest absolute Gasteiger partial charge is 0.463 e. The van der Waals surface area contributed by atoms with Crippen LogP contribution in [0.3, 0.4) is 0 Å². The molecule has 25 heavy (non-hydrogen) atoms. The lowest BCUT2D eigenvalue weighted by atomic mass is 10.0. The molecule has 0 aromatic rings. The predicted octanol–water partition coefficient (Wildman–Crippen LogP) is 0.557. The van der Waals surface area contributed by atoms with Gasteiger partial charge in [0.25, 0.3) is 0 Å². The second-order valence-corrected chi connectivity index (χ2v) is 4.87. The number of ether oxygens (including phenoxy) is 3. The molecule has 1 aliphatic rings. The van der Waals surface area contributed by atoms with Gasteiger partial charge in [-0.25, -0.2) is 19.2 Å². The first kappa shape index (κ1) is 20.2. The van der Waals surface area contributed by atoms with Crippen molar-refractivity contribution in [2.24, 2.45) is 0 Å². The van der Waals surface area contributed by atoms with Crippen LogP contribution in [0.5, 0.6) is 0 Å². The minimum Gasteiger partial charge on any atom is -0.463 e. The van der Waals surface area contributed by atoms with Crippen molar-refractivity contribution >= 4 is 23.9 Å². The number of rotatable bonds is 8. The van der Waals surface area contributed by atoms with Crippen molar-refractivity contribution in [3.8, 4) is 0 Å². The first-order valence-electron chi connectivity index (χ1n) is 7.92. The summed E-state index contributed by atoms with van der Waals surface area (Å²) in [5.74, 6) is -2.09. The van der Waals surface area contributed by atoms with Gasteiger partial charge in [-0.3, -0.25) is 0 Å². The monoisotopic (exact) mass is 354 g/mol. The zero-order valence-electron chi connectivity index (χ0n) is 14.4. The van der Waals surface area contributed by atoms with E-state index in [9.17, 15) is 19.2 Å². The Morgan fingerprint density at radius 1 is 1.00 bits per heavy atom. The Balaban J connectivity index is 2.85. The lowest BCUT2D eigenvalue weighted by Gasteiger charge is -2.28. The number of hydrogen-bond donors (Lipinski definition) is 2. The highest BCUT2D eigenvalue weighted by molar-refractivity contribution is 5.95. The lowest BCUT2D eigenvalue weighted by Crippen LogP contribution is -2.51. The average molecular weight is 354 g/mol. The van der Waals surface area contributed by atoms with Crippen molar-refractivity contribution < 1.29 is 33.4 Å². The molecule has 2 N–H and O–H groups in total. The third-order valence-electron chi connectivity index (χ3n) is 3.15. The van der Waals surface area contributed by atoms with E-state index in [0.717, 1.165) is 12.2 Å². The Bertz CT molecular complexity index is 595. The van der Waals surface area contributed by atoms with Crippen LogP contribution in [0.2, 0.25) is 0 Å². The lowest BCUT2D eigenvalue weighted by molar-refractivity contribution is -0.140. The van der Waals surface area contributed by atoms with E-state index in [1.165, 1.54) is 0 Å². The van der Waals surface area contributed by atoms with Gasteiger partial charge in [0.05, 0.1) is 30.5 Å². The van der Waals surface area contributed by atoms with Gasteiger partial charge >= 0.3 is 23.9 Å². The summed E-state index contributed by atoms with van der Waals surface area (Å²) in [6.07, 6.45) is 2.30. The van der Waals surface area contributed by atoms with Gasteiger partial charge in [0, 0.05) is 12.2 Å². The van der Waals surface area contributed by atoms with E-state index in [-0.39, 0.29) is 31.1 Å². The number of hydrogen-bond acceptors (Lipinski definition) is 7. The van der Waals surface area contributed by atoms with Crippen LogP contribution in [0, 0.1) is 0 Å². The summed E-state index contributed by atoms with van der Waals surface area (Å²) in [5, 5.41) is 5.05. The minimum absolute atomic E-state index is 0.145. The topological polar surface area (TPSA) is 120 Å². The highest BCUT2D eigenvalue weighted by atomic mass is 16.5. The van der Waals surface area contributed by atoms with Gasteiger partial charge in [-0.1, -0.05) is 6.92 Å². The second-order valence-electron chi connectivity index (χ2n) is 4.87. The van der Waals surface area contributed by atoms with E-state index in [1.54, 1.807) is 20.8 Å². The summed E-state index contributed by atoms with van der Waals surface area (Å²) in [6, 6.07) is -1.05. The Morgan fingerprint density at radius 2 is 1.60 bits per heavy atom. The molecule has 9 heteroatoms. The fourth-order valence-electron chi connectivity index (χ4n) is 2.09. The SMILES string of the molecule is CCOC(=O)/C=C/C(=O)OCC1=C(C(=O)OCC)[C@@H](CC)NC(=O)N1. The van der Waals surface area contributed by atoms with E-state index < -0.39 is 30.0 Å². The zero-order chi connectivity index (χ0) is 18.8. The molecule has 0 unspecified atom stereocenters. The first-order chi connectivity index (χ1) is 11.9. The number of carbonyl (C=O) groups excluding carboxylic acids is 4. The van der Waals surface area contributed by atoms with Crippen LogP contribution >= 0.6 is 0 Å². The van der Waals surface area contributed by atoms with Gasteiger partial charge in [0.15, 0.2) is 0 Å². The van der Waals surface area contributed by atoms with Crippen LogP contribution < -0.4 is 10.6 Å². The molecule has 9 nitrogen and oxygen atoms in total. The molecule has 0 saturated carbocycles. The van der Waals surface area contributed by atoms with E-state index in [1.807, 2.05) is 0 Å². The minimum atomic E-state index is -0.815. The number of urea groups is 1. The summed E-state index contributed by atoms with van der Waals surface area (Å²) in [6.45, 7) is 5.10. The van der Waals surface area contributed by atoms with Crippen LogP contribution in [0.25, 0.3) is 0 Å². The predicted molar refractivity (Wildman–Crippen MR) is 86.1 cm³/mol. The van der Waals surface area contributed by atoms with Crippen molar-refractivity contribution in [1.82, 2.24) is 10.6 Å². The van der Waals surface area contributed by atoms with Gasteiger partial charge in [0.2, 0.25) is 0 Å². The van der Waals surface area contributed by atoms with E-state index >= 15 is 0 Å². The van der Waals surface area contributed by atoms with Crippen LogP contribution in [0.15, 0.2) is 23.4 Å². The van der Waals surface area contributed by atoms with Gasteiger partial charge in [0.1, 0.15) is 6.61 Å². The fourth-order valence-corrected chi connectivity index (χ4v) is 2.09. The van der Waals surface area contributed by atoms with Crippen molar-refractivity contribution in [3.05, 3.63) is 23.4 Å². The molecule has 0 radical (unpaired) electrons. The summed E-state index contributed by atoms with van der Waals surface area (Å²) in [5.41, 5.74) is 0.345. The summed E-state index contributed by atoms with van der Waals surface area (Å²) < 4.78 is 14.6. The molecule has 0 aliphatic carbocycles. The molecule has 2 amide bonds. The molecule has 0 aromatic heterocycles. The summed E-state index contributed by atoms with van der Waals surface area (Å²) in [7, 11) is 0. The maximum Gasteiger partial charge on any atom is 0.338 e. The van der Waals surface area contributed by atoms with Crippen molar-refractivity contribution in [1.29, 1.82) is 0 Å². The molecule has 0 spiro atoms. The second kappa shape index (κ2) is 10.1. The number of esters is 3. The molecule has 1 atom stereocenters. The molecule has 0 aromatic carbocycles. The van der Waals surface area contributed by atoms with Crippen LogP contribution in [-0.2, 0) is 28.6 Å². The van der Waals surface area contributed by atoms with Gasteiger partial charge < -0.3 is 24.8 Å².